The molecule has 2 rings (SSSR count). The van der Waals surface area contributed by atoms with E-state index < -0.39 is 0 Å². The van der Waals surface area contributed by atoms with Crippen molar-refractivity contribution in [3.8, 4) is 0 Å². The average Bonchev–Trinajstić information content (AvgIpc) is 2.57. The molecule has 0 amide bonds. The number of aliphatic hydroxyl groups excluding tert-OH is 1. The smallest absolute Gasteiger partial charge is 0.138 e. The van der Waals surface area contributed by atoms with E-state index in [-0.39, 0.29) is 12.0 Å². The van der Waals surface area contributed by atoms with Crippen LogP contribution < -0.4 is 0 Å². The van der Waals surface area contributed by atoms with E-state index in [9.17, 15) is 0 Å². The molecule has 0 unspecified atom stereocenters. The lowest BCUT2D eigenvalue weighted by molar-refractivity contribution is 0.250. The molecular formula is C14H18O2. The fourth-order valence-corrected chi connectivity index (χ4v) is 1.99. The van der Waals surface area contributed by atoms with Gasteiger partial charge in [0, 0.05) is 10.9 Å². The molecule has 1 aromatic carbocycles. The van der Waals surface area contributed by atoms with E-state index >= 15 is 0 Å². The summed E-state index contributed by atoms with van der Waals surface area (Å²) in [6.45, 7) is 8.55. The van der Waals surface area contributed by atoms with E-state index in [2.05, 4.69) is 39.8 Å². The first-order valence-electron chi connectivity index (χ1n) is 5.56. The van der Waals surface area contributed by atoms with Crippen LogP contribution in [-0.2, 0) is 12.0 Å². The third-order valence-electron chi connectivity index (χ3n) is 2.78. The van der Waals surface area contributed by atoms with Gasteiger partial charge in [0.1, 0.15) is 18.0 Å². The van der Waals surface area contributed by atoms with Crippen molar-refractivity contribution in [1.82, 2.24) is 0 Å². The number of hydrogen-bond acceptors (Lipinski definition) is 2. The lowest BCUT2D eigenvalue weighted by Gasteiger charge is -2.19. The summed E-state index contributed by atoms with van der Waals surface area (Å²) in [6, 6.07) is 6.16. The molecule has 1 aromatic heterocycles. The van der Waals surface area contributed by atoms with Gasteiger partial charge in [0.05, 0.1) is 0 Å². The van der Waals surface area contributed by atoms with E-state index in [1.807, 2.05) is 6.07 Å². The molecule has 2 heteroatoms. The number of fused-ring (bicyclic) bond motifs is 1. The topological polar surface area (TPSA) is 33.4 Å². The Morgan fingerprint density at radius 2 is 1.88 bits per heavy atom. The Kier molecular flexibility index (Phi) is 2.55. The molecule has 0 aliphatic rings. The van der Waals surface area contributed by atoms with Crippen LogP contribution in [0.2, 0.25) is 0 Å². The predicted octanol–water partition coefficient (Wildman–Crippen LogP) is 3.53. The standard InChI is InChI=1S/C14H18O2/c1-9-5-10-7-11(8-15)16-13(10)12(6-9)14(2,3)4/h5-7,15H,8H2,1-4H3. The molecule has 0 saturated heterocycles. The second-order valence-corrected chi connectivity index (χ2v) is 5.35. The van der Waals surface area contributed by atoms with Crippen LogP contribution in [0.25, 0.3) is 11.0 Å². The van der Waals surface area contributed by atoms with Crippen molar-refractivity contribution in [2.75, 3.05) is 0 Å². The minimum atomic E-state index is -0.0443. The number of furan rings is 1. The number of aliphatic hydroxyl groups is 1. The molecule has 2 nitrogen and oxygen atoms in total. The van der Waals surface area contributed by atoms with Gasteiger partial charge in [0.15, 0.2) is 0 Å². The van der Waals surface area contributed by atoms with Crippen LogP contribution in [0.15, 0.2) is 22.6 Å². The SMILES string of the molecule is Cc1cc(C(C)(C)C)c2oc(CO)cc2c1. The summed E-state index contributed by atoms with van der Waals surface area (Å²) in [5.74, 6) is 0.631. The fourth-order valence-electron chi connectivity index (χ4n) is 1.99. The molecule has 0 bridgehead atoms. The first-order valence-corrected chi connectivity index (χ1v) is 5.56. The summed E-state index contributed by atoms with van der Waals surface area (Å²) in [5, 5.41) is 10.2. The lowest BCUT2D eigenvalue weighted by Crippen LogP contribution is -2.11. The van der Waals surface area contributed by atoms with Gasteiger partial charge in [-0.1, -0.05) is 26.8 Å². The molecule has 1 heterocycles. The largest absolute Gasteiger partial charge is 0.458 e. The van der Waals surface area contributed by atoms with Gasteiger partial charge in [-0.05, 0) is 30.0 Å². The zero-order valence-electron chi connectivity index (χ0n) is 10.3. The molecule has 0 atom stereocenters. The average molecular weight is 218 g/mol. The third kappa shape index (κ3) is 1.85. The van der Waals surface area contributed by atoms with Crippen LogP contribution in [0, 0.1) is 6.92 Å². The number of hydrogen-bond donors (Lipinski definition) is 1. The van der Waals surface area contributed by atoms with Crippen LogP contribution >= 0.6 is 0 Å². The third-order valence-corrected chi connectivity index (χ3v) is 2.78. The van der Waals surface area contributed by atoms with E-state index in [1.165, 1.54) is 11.1 Å². The van der Waals surface area contributed by atoms with E-state index in [0.717, 1.165) is 11.0 Å². The Hall–Kier alpha value is -1.28. The van der Waals surface area contributed by atoms with Gasteiger partial charge in [0.25, 0.3) is 0 Å². The maximum absolute atomic E-state index is 9.11. The van der Waals surface area contributed by atoms with E-state index in [0.29, 0.717) is 5.76 Å². The normalized spacial score (nSPS) is 12.3. The number of aryl methyl sites for hydroxylation is 1. The fraction of sp³-hybridized carbons (Fsp3) is 0.429. The van der Waals surface area contributed by atoms with Crippen molar-refractivity contribution < 1.29 is 9.52 Å². The molecule has 86 valence electrons. The molecule has 0 spiro atoms. The van der Waals surface area contributed by atoms with Crippen LogP contribution in [0.1, 0.15) is 37.7 Å². The first-order chi connectivity index (χ1) is 7.41. The van der Waals surface area contributed by atoms with Crippen LogP contribution in [-0.4, -0.2) is 5.11 Å². The van der Waals surface area contributed by atoms with Crippen molar-refractivity contribution in [2.45, 2.75) is 39.7 Å². The zero-order chi connectivity index (χ0) is 11.9. The predicted molar refractivity (Wildman–Crippen MR) is 65.6 cm³/mol. The van der Waals surface area contributed by atoms with Gasteiger partial charge in [-0.2, -0.15) is 0 Å². The molecule has 1 N–H and O–H groups in total. The first kappa shape index (κ1) is 11.2. The van der Waals surface area contributed by atoms with Crippen LogP contribution in [0.4, 0.5) is 0 Å². The summed E-state index contributed by atoms with van der Waals surface area (Å²) in [7, 11) is 0. The molecule has 0 fully saturated rings. The molecule has 0 saturated carbocycles. The second-order valence-electron chi connectivity index (χ2n) is 5.35. The highest BCUT2D eigenvalue weighted by molar-refractivity contribution is 5.83. The molecule has 0 aliphatic heterocycles. The molecule has 0 radical (unpaired) electrons. The minimum absolute atomic E-state index is 0.0443. The molecule has 16 heavy (non-hydrogen) atoms. The Morgan fingerprint density at radius 1 is 1.19 bits per heavy atom. The molecular weight excluding hydrogens is 200 g/mol. The van der Waals surface area contributed by atoms with Crippen molar-refractivity contribution in [3.05, 3.63) is 35.1 Å². The Bertz CT molecular complexity index is 515. The quantitative estimate of drug-likeness (QED) is 0.794. The summed E-state index contributed by atoms with van der Waals surface area (Å²) in [4.78, 5) is 0. The van der Waals surface area contributed by atoms with Gasteiger partial charge in [0.2, 0.25) is 0 Å². The van der Waals surface area contributed by atoms with Gasteiger partial charge in [-0.15, -0.1) is 0 Å². The van der Waals surface area contributed by atoms with Gasteiger partial charge in [-0.3, -0.25) is 0 Å². The van der Waals surface area contributed by atoms with Crippen molar-refractivity contribution in [3.63, 3.8) is 0 Å². The summed E-state index contributed by atoms with van der Waals surface area (Å²) in [5.41, 5.74) is 3.38. The van der Waals surface area contributed by atoms with Gasteiger partial charge in [-0.25, -0.2) is 0 Å². The molecule has 0 aliphatic carbocycles. The Morgan fingerprint density at radius 3 is 2.44 bits per heavy atom. The van der Waals surface area contributed by atoms with Crippen LogP contribution in [0.3, 0.4) is 0 Å². The Balaban J connectivity index is 2.76. The summed E-state index contributed by atoms with van der Waals surface area (Å²) >= 11 is 0. The van der Waals surface area contributed by atoms with Crippen molar-refractivity contribution in [1.29, 1.82) is 0 Å². The van der Waals surface area contributed by atoms with Crippen molar-refractivity contribution >= 4 is 11.0 Å². The Labute approximate surface area is 95.9 Å². The summed E-state index contributed by atoms with van der Waals surface area (Å²) in [6.07, 6.45) is 0. The van der Waals surface area contributed by atoms with E-state index in [1.54, 1.807) is 0 Å². The zero-order valence-corrected chi connectivity index (χ0v) is 10.3. The van der Waals surface area contributed by atoms with E-state index in [4.69, 9.17) is 9.52 Å². The highest BCUT2D eigenvalue weighted by Crippen LogP contribution is 2.33. The summed E-state index contributed by atoms with van der Waals surface area (Å²) < 4.78 is 5.68. The highest BCUT2D eigenvalue weighted by atomic mass is 16.4. The monoisotopic (exact) mass is 218 g/mol. The van der Waals surface area contributed by atoms with Crippen molar-refractivity contribution in [2.24, 2.45) is 0 Å². The second kappa shape index (κ2) is 3.63. The highest BCUT2D eigenvalue weighted by Gasteiger charge is 2.20. The molecule has 2 aromatic rings. The maximum atomic E-state index is 9.11. The number of benzene rings is 1. The van der Waals surface area contributed by atoms with Gasteiger partial charge < -0.3 is 9.52 Å². The van der Waals surface area contributed by atoms with Crippen LogP contribution in [0.5, 0.6) is 0 Å². The van der Waals surface area contributed by atoms with Gasteiger partial charge >= 0.3 is 0 Å². The number of rotatable bonds is 1. The lowest BCUT2D eigenvalue weighted by atomic mass is 9.85. The maximum Gasteiger partial charge on any atom is 0.138 e. The minimum Gasteiger partial charge on any atom is -0.458 e.